The van der Waals surface area contributed by atoms with Crippen LogP contribution in [0.3, 0.4) is 0 Å². The first-order chi connectivity index (χ1) is 9.45. The number of hydrogen-bond donors (Lipinski definition) is 3. The molecule has 0 radical (unpaired) electrons. The number of rotatable bonds is 7. The molecule has 1 aromatic carbocycles. The third-order valence-corrected chi connectivity index (χ3v) is 2.48. The van der Waals surface area contributed by atoms with Crippen molar-refractivity contribution in [1.29, 1.82) is 0 Å². The van der Waals surface area contributed by atoms with Crippen molar-refractivity contribution in [2.45, 2.75) is 13.3 Å². The molecular weight excluding hydrogens is 264 g/mol. The maximum absolute atomic E-state index is 11.8. The predicted molar refractivity (Wildman–Crippen MR) is 73.4 cm³/mol. The Kier molecular flexibility index (Phi) is 5.45. The second kappa shape index (κ2) is 7.07. The zero-order chi connectivity index (χ0) is 15.1. The molecule has 108 valence electrons. The summed E-state index contributed by atoms with van der Waals surface area (Å²) in [6.45, 7) is 2.44. The van der Waals surface area contributed by atoms with Crippen LogP contribution < -0.4 is 16.4 Å². The minimum atomic E-state index is -0.557. The molecule has 0 saturated carbocycles. The number of amides is 2. The van der Waals surface area contributed by atoms with Crippen LogP contribution in [0, 0.1) is 10.1 Å². The van der Waals surface area contributed by atoms with E-state index in [-0.39, 0.29) is 24.2 Å². The van der Waals surface area contributed by atoms with Crippen molar-refractivity contribution in [2.24, 2.45) is 5.73 Å². The predicted octanol–water partition coefficient (Wildman–Crippen LogP) is 0.632. The highest BCUT2D eigenvalue weighted by Gasteiger charge is 2.17. The molecule has 8 nitrogen and oxygen atoms in total. The fourth-order valence-corrected chi connectivity index (χ4v) is 1.57. The number of nitrogens with zero attached hydrogens (tertiary/aromatic N) is 1. The van der Waals surface area contributed by atoms with Gasteiger partial charge in [0.2, 0.25) is 5.91 Å². The number of carbonyl (C=O) groups excluding carboxylic acids is 2. The number of anilines is 1. The maximum Gasteiger partial charge on any atom is 0.293 e. The van der Waals surface area contributed by atoms with E-state index in [1.807, 2.05) is 6.92 Å². The average molecular weight is 280 g/mol. The Bertz CT molecular complexity index is 530. The van der Waals surface area contributed by atoms with E-state index in [1.165, 1.54) is 18.2 Å². The van der Waals surface area contributed by atoms with Crippen LogP contribution >= 0.6 is 0 Å². The number of benzene rings is 1. The number of nitrogens with one attached hydrogen (secondary N) is 2. The Morgan fingerprint density at radius 2 is 2.10 bits per heavy atom. The maximum atomic E-state index is 11.8. The molecule has 0 aliphatic heterocycles. The lowest BCUT2D eigenvalue weighted by Crippen LogP contribution is -2.27. The van der Waals surface area contributed by atoms with E-state index in [9.17, 15) is 19.7 Å². The van der Waals surface area contributed by atoms with Gasteiger partial charge in [0, 0.05) is 31.1 Å². The van der Waals surface area contributed by atoms with Crippen LogP contribution in [0.25, 0.3) is 0 Å². The van der Waals surface area contributed by atoms with E-state index in [2.05, 4.69) is 10.6 Å². The van der Waals surface area contributed by atoms with Gasteiger partial charge in [0.25, 0.3) is 11.6 Å². The van der Waals surface area contributed by atoms with Gasteiger partial charge in [0.1, 0.15) is 5.69 Å². The molecule has 8 heteroatoms. The minimum absolute atomic E-state index is 0.0172. The van der Waals surface area contributed by atoms with Crippen molar-refractivity contribution in [2.75, 3.05) is 18.4 Å². The van der Waals surface area contributed by atoms with Crippen molar-refractivity contribution in [1.82, 2.24) is 5.32 Å². The Morgan fingerprint density at radius 3 is 2.65 bits per heavy atom. The number of carbonyl (C=O) groups is 2. The van der Waals surface area contributed by atoms with Gasteiger partial charge in [-0.25, -0.2) is 0 Å². The molecular formula is C12H16N4O4. The van der Waals surface area contributed by atoms with Gasteiger partial charge in [-0.05, 0) is 19.1 Å². The number of hydrogen-bond acceptors (Lipinski definition) is 5. The monoisotopic (exact) mass is 280 g/mol. The summed E-state index contributed by atoms with van der Waals surface area (Å²) in [5.74, 6) is -1.02. The quantitative estimate of drug-likeness (QED) is 0.498. The molecule has 2 amide bonds. The zero-order valence-corrected chi connectivity index (χ0v) is 11.0. The fourth-order valence-electron chi connectivity index (χ4n) is 1.57. The summed E-state index contributed by atoms with van der Waals surface area (Å²) in [7, 11) is 0. The van der Waals surface area contributed by atoms with Crippen molar-refractivity contribution in [3.05, 3.63) is 33.9 Å². The van der Waals surface area contributed by atoms with Crippen molar-refractivity contribution < 1.29 is 14.5 Å². The van der Waals surface area contributed by atoms with Gasteiger partial charge < -0.3 is 16.4 Å². The van der Waals surface area contributed by atoms with Crippen molar-refractivity contribution in [3.8, 4) is 0 Å². The highest BCUT2D eigenvalue weighted by atomic mass is 16.6. The lowest BCUT2D eigenvalue weighted by Gasteiger charge is -2.07. The summed E-state index contributed by atoms with van der Waals surface area (Å²) in [5.41, 5.74) is 5.28. The van der Waals surface area contributed by atoms with Gasteiger partial charge in [-0.15, -0.1) is 0 Å². The zero-order valence-electron chi connectivity index (χ0n) is 11.0. The summed E-state index contributed by atoms with van der Waals surface area (Å²) in [6.07, 6.45) is 0.0172. The van der Waals surface area contributed by atoms with Crippen LogP contribution in [-0.2, 0) is 4.79 Å². The third kappa shape index (κ3) is 4.23. The Morgan fingerprint density at radius 1 is 1.40 bits per heavy atom. The molecule has 0 aliphatic rings. The summed E-state index contributed by atoms with van der Waals surface area (Å²) in [4.78, 5) is 32.7. The normalized spacial score (nSPS) is 9.85. The first-order valence-corrected chi connectivity index (χ1v) is 6.04. The molecule has 0 aromatic heterocycles. The molecule has 0 fully saturated rings. The first-order valence-electron chi connectivity index (χ1n) is 6.04. The van der Waals surface area contributed by atoms with Gasteiger partial charge in [0.05, 0.1) is 4.92 Å². The van der Waals surface area contributed by atoms with Crippen molar-refractivity contribution >= 4 is 23.2 Å². The van der Waals surface area contributed by atoms with E-state index in [0.717, 1.165) is 0 Å². The molecule has 0 aliphatic carbocycles. The smallest absolute Gasteiger partial charge is 0.293 e. The molecule has 0 unspecified atom stereocenters. The van der Waals surface area contributed by atoms with Crippen molar-refractivity contribution in [3.63, 3.8) is 0 Å². The minimum Gasteiger partial charge on any atom is -0.380 e. The van der Waals surface area contributed by atoms with Gasteiger partial charge in [-0.2, -0.15) is 0 Å². The molecule has 0 heterocycles. The third-order valence-electron chi connectivity index (χ3n) is 2.48. The van der Waals surface area contributed by atoms with Crippen LogP contribution in [0.4, 0.5) is 11.4 Å². The van der Waals surface area contributed by atoms with Crippen LogP contribution in [0.15, 0.2) is 18.2 Å². The molecule has 4 N–H and O–H groups in total. The van der Waals surface area contributed by atoms with E-state index in [1.54, 1.807) is 0 Å². The van der Waals surface area contributed by atoms with E-state index in [0.29, 0.717) is 12.2 Å². The Hall–Kier alpha value is -2.64. The van der Waals surface area contributed by atoms with Gasteiger partial charge in [-0.3, -0.25) is 19.7 Å². The van der Waals surface area contributed by atoms with Crippen LogP contribution in [-0.4, -0.2) is 29.8 Å². The van der Waals surface area contributed by atoms with Gasteiger partial charge >= 0.3 is 0 Å². The average Bonchev–Trinajstić information content (AvgIpc) is 2.38. The topological polar surface area (TPSA) is 127 Å². The number of primary amides is 1. The summed E-state index contributed by atoms with van der Waals surface area (Å²) < 4.78 is 0. The highest BCUT2D eigenvalue weighted by Crippen LogP contribution is 2.25. The molecule has 0 bridgehead atoms. The van der Waals surface area contributed by atoms with Gasteiger partial charge in [0.15, 0.2) is 0 Å². The molecule has 0 spiro atoms. The summed E-state index contributed by atoms with van der Waals surface area (Å²) in [5, 5.41) is 16.3. The highest BCUT2D eigenvalue weighted by molar-refractivity contribution is 5.95. The summed E-state index contributed by atoms with van der Waals surface area (Å²) in [6, 6.07) is 4.15. The second-order valence-electron chi connectivity index (χ2n) is 3.99. The Balaban J connectivity index is 2.85. The standard InChI is InChI=1S/C12H16N4O4/c1-2-14-9-4-3-8(7-10(9)16(19)20)12(18)15-6-5-11(13)17/h3-4,7,14H,2,5-6H2,1H3,(H2,13,17)(H,15,18). The Labute approximate surface area is 115 Å². The first kappa shape index (κ1) is 15.4. The summed E-state index contributed by atoms with van der Waals surface area (Å²) >= 11 is 0. The molecule has 1 rings (SSSR count). The second-order valence-corrected chi connectivity index (χ2v) is 3.99. The molecule has 0 saturated heterocycles. The molecule has 20 heavy (non-hydrogen) atoms. The largest absolute Gasteiger partial charge is 0.380 e. The molecule has 1 aromatic rings. The van der Waals surface area contributed by atoms with E-state index < -0.39 is 16.7 Å². The number of nitro groups is 1. The molecule has 0 atom stereocenters. The lowest BCUT2D eigenvalue weighted by atomic mass is 10.1. The van der Waals surface area contributed by atoms with Crippen LogP contribution in [0.1, 0.15) is 23.7 Å². The SMILES string of the molecule is CCNc1ccc(C(=O)NCCC(N)=O)cc1[N+](=O)[O-]. The lowest BCUT2D eigenvalue weighted by molar-refractivity contribution is -0.384. The fraction of sp³-hybridized carbons (Fsp3) is 0.333. The van der Waals surface area contributed by atoms with Gasteiger partial charge in [-0.1, -0.05) is 0 Å². The van der Waals surface area contributed by atoms with E-state index in [4.69, 9.17) is 5.73 Å². The van der Waals surface area contributed by atoms with Crippen LogP contribution in [0.2, 0.25) is 0 Å². The number of nitro benzene ring substituents is 1. The van der Waals surface area contributed by atoms with E-state index >= 15 is 0 Å². The number of nitrogens with two attached hydrogens (primary N) is 1. The van der Waals surface area contributed by atoms with Crippen LogP contribution in [0.5, 0.6) is 0 Å².